The molecule has 0 nitrogen and oxygen atoms in total. The Morgan fingerprint density at radius 1 is 1.33 bits per heavy atom. The predicted octanol–water partition coefficient (Wildman–Crippen LogP) is 2.69. The van der Waals surface area contributed by atoms with Crippen molar-refractivity contribution >= 4 is 0 Å². The van der Waals surface area contributed by atoms with Crippen molar-refractivity contribution in [1.29, 1.82) is 0 Å². The van der Waals surface area contributed by atoms with Crippen molar-refractivity contribution in [2.24, 2.45) is 23.2 Å². The summed E-state index contributed by atoms with van der Waals surface area (Å²) in [5.41, 5.74) is 0.791. The molecule has 9 heavy (non-hydrogen) atoms. The Kier molecular flexibility index (Phi) is 0.868. The van der Waals surface area contributed by atoms with Gasteiger partial charge in [0.25, 0.3) is 0 Å². The SMILES string of the molecule is CC1CC2C(C)C2(C)C1. The van der Waals surface area contributed by atoms with Gasteiger partial charge < -0.3 is 0 Å². The molecule has 52 valence electrons. The number of fused-ring (bicyclic) bond motifs is 1. The lowest BCUT2D eigenvalue weighted by molar-refractivity contribution is 0.419. The maximum atomic E-state index is 2.46. The van der Waals surface area contributed by atoms with Gasteiger partial charge in [-0.1, -0.05) is 20.8 Å². The van der Waals surface area contributed by atoms with Gasteiger partial charge in [0, 0.05) is 0 Å². The van der Waals surface area contributed by atoms with E-state index in [1.54, 1.807) is 0 Å². The minimum atomic E-state index is 0.791. The maximum absolute atomic E-state index is 2.46. The first-order chi connectivity index (χ1) is 4.14. The molecule has 2 rings (SSSR count). The first kappa shape index (κ1) is 5.76. The monoisotopic (exact) mass is 124 g/mol. The van der Waals surface area contributed by atoms with Gasteiger partial charge in [-0.3, -0.25) is 0 Å². The second-order valence-corrected chi connectivity index (χ2v) is 4.45. The Balaban J connectivity index is 2.12. The first-order valence-corrected chi connectivity index (χ1v) is 4.14. The molecule has 0 radical (unpaired) electrons. The van der Waals surface area contributed by atoms with Crippen LogP contribution in [0.3, 0.4) is 0 Å². The van der Waals surface area contributed by atoms with Gasteiger partial charge in [0.2, 0.25) is 0 Å². The van der Waals surface area contributed by atoms with Crippen LogP contribution in [0.2, 0.25) is 0 Å². The molecule has 0 aliphatic heterocycles. The van der Waals surface area contributed by atoms with Gasteiger partial charge in [-0.2, -0.15) is 0 Å². The van der Waals surface area contributed by atoms with Gasteiger partial charge >= 0.3 is 0 Å². The van der Waals surface area contributed by atoms with Crippen LogP contribution in [0, 0.1) is 23.2 Å². The number of hydrogen-bond acceptors (Lipinski definition) is 0. The van der Waals surface area contributed by atoms with E-state index in [2.05, 4.69) is 20.8 Å². The molecule has 2 aliphatic carbocycles. The summed E-state index contributed by atoms with van der Waals surface area (Å²) in [6, 6.07) is 0. The molecule has 0 bridgehead atoms. The fourth-order valence-corrected chi connectivity index (χ4v) is 2.99. The lowest BCUT2D eigenvalue weighted by Gasteiger charge is -2.08. The van der Waals surface area contributed by atoms with Gasteiger partial charge in [-0.05, 0) is 36.0 Å². The van der Waals surface area contributed by atoms with E-state index in [1.165, 1.54) is 12.8 Å². The van der Waals surface area contributed by atoms with Crippen molar-refractivity contribution in [3.05, 3.63) is 0 Å². The molecular weight excluding hydrogens is 108 g/mol. The fraction of sp³-hybridized carbons (Fsp3) is 1.00. The summed E-state index contributed by atoms with van der Waals surface area (Å²) >= 11 is 0. The van der Waals surface area contributed by atoms with Crippen molar-refractivity contribution in [2.45, 2.75) is 33.6 Å². The van der Waals surface area contributed by atoms with Gasteiger partial charge in [0.1, 0.15) is 0 Å². The highest BCUT2D eigenvalue weighted by atomic mass is 14.7. The Bertz CT molecular complexity index is 139. The smallest absolute Gasteiger partial charge is 0.0264 e. The molecule has 0 N–H and O–H groups in total. The van der Waals surface area contributed by atoms with Crippen LogP contribution >= 0.6 is 0 Å². The minimum Gasteiger partial charge on any atom is -0.0625 e. The van der Waals surface area contributed by atoms with Crippen LogP contribution in [0.15, 0.2) is 0 Å². The van der Waals surface area contributed by atoms with Crippen molar-refractivity contribution in [1.82, 2.24) is 0 Å². The van der Waals surface area contributed by atoms with Gasteiger partial charge in [0.05, 0.1) is 0 Å². The summed E-state index contributed by atoms with van der Waals surface area (Å²) in [5.74, 6) is 3.18. The van der Waals surface area contributed by atoms with E-state index < -0.39 is 0 Å². The molecule has 2 aliphatic rings. The Morgan fingerprint density at radius 3 is 2.33 bits per heavy atom. The molecule has 0 saturated heterocycles. The molecule has 0 aromatic carbocycles. The van der Waals surface area contributed by atoms with Crippen LogP contribution in [-0.4, -0.2) is 0 Å². The number of hydrogen-bond donors (Lipinski definition) is 0. The second-order valence-electron chi connectivity index (χ2n) is 4.45. The summed E-state index contributed by atoms with van der Waals surface area (Å²) in [5, 5.41) is 0. The van der Waals surface area contributed by atoms with Crippen molar-refractivity contribution in [2.75, 3.05) is 0 Å². The Hall–Kier alpha value is 0. The van der Waals surface area contributed by atoms with Crippen LogP contribution in [0.4, 0.5) is 0 Å². The van der Waals surface area contributed by atoms with Crippen LogP contribution in [-0.2, 0) is 0 Å². The average Bonchev–Trinajstić information content (AvgIpc) is 2.23. The minimum absolute atomic E-state index is 0.791. The molecule has 4 atom stereocenters. The van der Waals surface area contributed by atoms with Gasteiger partial charge in [-0.25, -0.2) is 0 Å². The Morgan fingerprint density at radius 2 is 2.00 bits per heavy atom. The summed E-state index contributed by atoms with van der Waals surface area (Å²) in [7, 11) is 0. The molecule has 0 amide bonds. The summed E-state index contributed by atoms with van der Waals surface area (Å²) < 4.78 is 0. The highest BCUT2D eigenvalue weighted by Crippen LogP contribution is 2.69. The molecule has 2 saturated carbocycles. The zero-order valence-electron chi connectivity index (χ0n) is 6.65. The molecule has 0 heterocycles. The van der Waals surface area contributed by atoms with Crippen molar-refractivity contribution in [3.8, 4) is 0 Å². The van der Waals surface area contributed by atoms with Gasteiger partial charge in [-0.15, -0.1) is 0 Å². The maximum Gasteiger partial charge on any atom is -0.0264 e. The van der Waals surface area contributed by atoms with Crippen molar-refractivity contribution < 1.29 is 0 Å². The van der Waals surface area contributed by atoms with E-state index in [9.17, 15) is 0 Å². The van der Waals surface area contributed by atoms with E-state index in [1.807, 2.05) is 0 Å². The highest BCUT2D eigenvalue weighted by molar-refractivity contribution is 5.10. The molecule has 0 heteroatoms. The zero-order valence-corrected chi connectivity index (χ0v) is 6.65. The standard InChI is InChI=1S/C9H16/c1-6-4-8-7(2)9(8,3)5-6/h6-8H,4-5H2,1-3H3. The zero-order chi connectivity index (χ0) is 6.65. The Labute approximate surface area is 57.6 Å². The molecule has 0 spiro atoms. The van der Waals surface area contributed by atoms with Crippen LogP contribution < -0.4 is 0 Å². The summed E-state index contributed by atoms with van der Waals surface area (Å²) in [6.07, 6.45) is 3.01. The van der Waals surface area contributed by atoms with E-state index in [0.29, 0.717) is 0 Å². The molecule has 2 fully saturated rings. The van der Waals surface area contributed by atoms with Crippen LogP contribution in [0.5, 0.6) is 0 Å². The largest absolute Gasteiger partial charge is 0.0625 e. The molecular formula is C9H16. The van der Waals surface area contributed by atoms with E-state index in [4.69, 9.17) is 0 Å². The molecule has 4 unspecified atom stereocenters. The van der Waals surface area contributed by atoms with E-state index in [-0.39, 0.29) is 0 Å². The van der Waals surface area contributed by atoms with Gasteiger partial charge in [0.15, 0.2) is 0 Å². The summed E-state index contributed by atoms with van der Waals surface area (Å²) in [6.45, 7) is 7.27. The molecule has 0 aromatic heterocycles. The topological polar surface area (TPSA) is 0 Å². The van der Waals surface area contributed by atoms with Crippen molar-refractivity contribution in [3.63, 3.8) is 0 Å². The second kappa shape index (κ2) is 1.36. The third-order valence-electron chi connectivity index (χ3n) is 3.83. The lowest BCUT2D eigenvalue weighted by atomic mass is 9.97. The molecule has 0 aromatic rings. The fourth-order valence-electron chi connectivity index (χ4n) is 2.99. The average molecular weight is 124 g/mol. The normalized spacial score (nSPS) is 63.7. The lowest BCUT2D eigenvalue weighted by Crippen LogP contribution is -1.98. The predicted molar refractivity (Wildman–Crippen MR) is 39.2 cm³/mol. The summed E-state index contributed by atoms with van der Waals surface area (Å²) in [4.78, 5) is 0. The number of rotatable bonds is 0. The third kappa shape index (κ3) is 0.544. The van der Waals surface area contributed by atoms with E-state index in [0.717, 1.165) is 23.2 Å². The first-order valence-electron chi connectivity index (χ1n) is 4.14. The quantitative estimate of drug-likeness (QED) is 0.465. The third-order valence-corrected chi connectivity index (χ3v) is 3.83. The van der Waals surface area contributed by atoms with E-state index >= 15 is 0 Å². The van der Waals surface area contributed by atoms with Crippen LogP contribution in [0.25, 0.3) is 0 Å². The van der Waals surface area contributed by atoms with Crippen LogP contribution in [0.1, 0.15) is 33.6 Å². The highest BCUT2D eigenvalue weighted by Gasteiger charge is 2.62.